The smallest absolute Gasteiger partial charge is 0.236 e. The van der Waals surface area contributed by atoms with E-state index < -0.39 is 0 Å². The second kappa shape index (κ2) is 7.74. The van der Waals surface area contributed by atoms with Gasteiger partial charge in [0, 0.05) is 20.2 Å². The first-order chi connectivity index (χ1) is 8.56. The highest BCUT2D eigenvalue weighted by Crippen LogP contribution is 2.21. The number of hydrogen-bond acceptors (Lipinski definition) is 3. The number of carbonyl (C=O) groups is 1. The Kier molecular flexibility index (Phi) is 6.65. The molecule has 3 atom stereocenters. The molecule has 1 amide bonds. The summed E-state index contributed by atoms with van der Waals surface area (Å²) in [7, 11) is 3.48. The maximum Gasteiger partial charge on any atom is 0.236 e. The highest BCUT2D eigenvalue weighted by Gasteiger charge is 2.26. The molecule has 1 fully saturated rings. The average Bonchev–Trinajstić information content (AvgIpc) is 2.36. The molecule has 0 heterocycles. The van der Waals surface area contributed by atoms with Crippen LogP contribution in [0.2, 0.25) is 0 Å². The van der Waals surface area contributed by atoms with Crippen LogP contribution in [0.3, 0.4) is 0 Å². The number of carbonyl (C=O) groups excluding carboxylic acids is 1. The summed E-state index contributed by atoms with van der Waals surface area (Å²) in [5, 5.41) is 6.26. The van der Waals surface area contributed by atoms with Gasteiger partial charge in [0.2, 0.25) is 5.91 Å². The van der Waals surface area contributed by atoms with E-state index in [0.717, 1.165) is 25.7 Å². The fourth-order valence-electron chi connectivity index (χ4n) is 2.69. The lowest BCUT2D eigenvalue weighted by Crippen LogP contribution is -2.50. The number of methoxy groups -OCH3 is 1. The zero-order valence-electron chi connectivity index (χ0n) is 12.2. The lowest BCUT2D eigenvalue weighted by Gasteiger charge is -2.32. The zero-order chi connectivity index (χ0) is 13.5. The van der Waals surface area contributed by atoms with Gasteiger partial charge >= 0.3 is 0 Å². The predicted octanol–water partition coefficient (Wildman–Crippen LogP) is 1.69. The van der Waals surface area contributed by atoms with Gasteiger partial charge in [0.05, 0.1) is 12.1 Å². The highest BCUT2D eigenvalue weighted by molar-refractivity contribution is 5.81. The zero-order valence-corrected chi connectivity index (χ0v) is 12.2. The third-order valence-corrected chi connectivity index (χ3v) is 3.67. The van der Waals surface area contributed by atoms with Crippen molar-refractivity contribution in [3.8, 4) is 0 Å². The first-order valence-electron chi connectivity index (χ1n) is 7.07. The second-order valence-electron chi connectivity index (χ2n) is 5.68. The first kappa shape index (κ1) is 15.4. The van der Waals surface area contributed by atoms with Crippen LogP contribution in [0, 0.1) is 5.92 Å². The summed E-state index contributed by atoms with van der Waals surface area (Å²) in [6, 6.07) is 0.334. The van der Waals surface area contributed by atoms with Gasteiger partial charge in [-0.25, -0.2) is 0 Å². The van der Waals surface area contributed by atoms with Gasteiger partial charge in [-0.15, -0.1) is 0 Å². The van der Waals surface area contributed by atoms with Gasteiger partial charge in [-0.2, -0.15) is 0 Å². The number of likely N-dealkylation sites (N-methyl/N-ethyl adjacent to an activating group) is 1. The third-order valence-electron chi connectivity index (χ3n) is 3.67. The van der Waals surface area contributed by atoms with E-state index in [1.54, 1.807) is 14.2 Å². The Morgan fingerprint density at radius 2 is 2.11 bits per heavy atom. The van der Waals surface area contributed by atoms with Gasteiger partial charge in [0.1, 0.15) is 0 Å². The average molecular weight is 256 g/mol. The summed E-state index contributed by atoms with van der Waals surface area (Å²) in [6.07, 6.45) is 5.71. The predicted molar refractivity (Wildman–Crippen MR) is 73.5 cm³/mol. The molecule has 0 aromatic heterocycles. The standard InChI is InChI=1S/C14H28N2O2/c1-10(2)8-13(14(17)15-3)16-11-6-5-7-12(9-11)18-4/h10-13,16H,5-9H2,1-4H3,(H,15,17). The molecule has 0 aromatic carbocycles. The van der Waals surface area contributed by atoms with Crippen molar-refractivity contribution < 1.29 is 9.53 Å². The molecule has 18 heavy (non-hydrogen) atoms. The summed E-state index contributed by atoms with van der Waals surface area (Å²) < 4.78 is 5.43. The van der Waals surface area contributed by atoms with Crippen molar-refractivity contribution >= 4 is 5.91 Å². The Morgan fingerprint density at radius 1 is 1.39 bits per heavy atom. The number of ether oxygens (including phenoxy) is 1. The van der Waals surface area contributed by atoms with Crippen molar-refractivity contribution in [3.63, 3.8) is 0 Å². The number of nitrogens with one attached hydrogen (secondary N) is 2. The topological polar surface area (TPSA) is 50.4 Å². The Bertz CT molecular complexity index is 256. The summed E-state index contributed by atoms with van der Waals surface area (Å²) in [5.41, 5.74) is 0. The first-order valence-corrected chi connectivity index (χ1v) is 7.07. The lowest BCUT2D eigenvalue weighted by molar-refractivity contribution is -0.123. The molecule has 1 rings (SSSR count). The van der Waals surface area contributed by atoms with Crippen molar-refractivity contribution in [1.82, 2.24) is 10.6 Å². The van der Waals surface area contributed by atoms with Crippen LogP contribution in [-0.4, -0.2) is 38.3 Å². The van der Waals surface area contributed by atoms with Crippen LogP contribution in [-0.2, 0) is 9.53 Å². The lowest BCUT2D eigenvalue weighted by atomic mass is 9.91. The Hall–Kier alpha value is -0.610. The van der Waals surface area contributed by atoms with E-state index in [1.807, 2.05) is 0 Å². The van der Waals surface area contributed by atoms with Crippen LogP contribution >= 0.6 is 0 Å². The minimum atomic E-state index is -0.0735. The van der Waals surface area contributed by atoms with E-state index in [2.05, 4.69) is 24.5 Å². The van der Waals surface area contributed by atoms with Crippen molar-refractivity contribution in [2.24, 2.45) is 5.92 Å². The number of rotatable bonds is 6. The van der Waals surface area contributed by atoms with E-state index in [4.69, 9.17) is 4.74 Å². The SMILES string of the molecule is CNC(=O)C(CC(C)C)NC1CCCC(OC)C1. The van der Waals surface area contributed by atoms with Gasteiger partial charge < -0.3 is 15.4 Å². The van der Waals surface area contributed by atoms with Crippen LogP contribution < -0.4 is 10.6 Å². The van der Waals surface area contributed by atoms with E-state index in [9.17, 15) is 4.79 Å². The molecule has 4 nitrogen and oxygen atoms in total. The van der Waals surface area contributed by atoms with E-state index in [1.165, 1.54) is 6.42 Å². The Labute approximate surface area is 111 Å². The fourth-order valence-corrected chi connectivity index (χ4v) is 2.69. The van der Waals surface area contributed by atoms with Gasteiger partial charge in [-0.05, 0) is 38.0 Å². The van der Waals surface area contributed by atoms with Crippen LogP contribution in [0.4, 0.5) is 0 Å². The van der Waals surface area contributed by atoms with Crippen molar-refractivity contribution in [2.45, 2.75) is 64.1 Å². The summed E-state index contributed by atoms with van der Waals surface area (Å²) in [4.78, 5) is 11.9. The van der Waals surface area contributed by atoms with Crippen LogP contribution in [0.15, 0.2) is 0 Å². The molecule has 2 N–H and O–H groups in total. The highest BCUT2D eigenvalue weighted by atomic mass is 16.5. The molecule has 1 aliphatic rings. The molecule has 1 aliphatic carbocycles. The summed E-state index contributed by atoms with van der Waals surface area (Å²) in [5.74, 6) is 0.616. The maximum absolute atomic E-state index is 11.9. The molecule has 0 radical (unpaired) electrons. The van der Waals surface area contributed by atoms with Gasteiger partial charge in [-0.1, -0.05) is 13.8 Å². The monoisotopic (exact) mass is 256 g/mol. The summed E-state index contributed by atoms with van der Waals surface area (Å²) >= 11 is 0. The molecule has 3 unspecified atom stereocenters. The largest absolute Gasteiger partial charge is 0.381 e. The van der Waals surface area contributed by atoms with Crippen LogP contribution in [0.1, 0.15) is 46.0 Å². The minimum Gasteiger partial charge on any atom is -0.381 e. The van der Waals surface area contributed by atoms with E-state index in [0.29, 0.717) is 18.1 Å². The molecule has 0 aromatic rings. The molecule has 1 saturated carbocycles. The van der Waals surface area contributed by atoms with E-state index >= 15 is 0 Å². The van der Waals surface area contributed by atoms with E-state index in [-0.39, 0.29) is 11.9 Å². The molecule has 0 bridgehead atoms. The molecule has 0 spiro atoms. The molecule has 0 aliphatic heterocycles. The molecular weight excluding hydrogens is 228 g/mol. The van der Waals surface area contributed by atoms with Crippen molar-refractivity contribution in [3.05, 3.63) is 0 Å². The Balaban J connectivity index is 2.51. The quantitative estimate of drug-likeness (QED) is 0.760. The fraction of sp³-hybridized carbons (Fsp3) is 0.929. The molecule has 106 valence electrons. The molecule has 0 saturated heterocycles. The van der Waals surface area contributed by atoms with Gasteiger partial charge in [-0.3, -0.25) is 4.79 Å². The molecular formula is C14H28N2O2. The normalized spacial score (nSPS) is 26.1. The Morgan fingerprint density at radius 3 is 2.67 bits per heavy atom. The summed E-state index contributed by atoms with van der Waals surface area (Å²) in [6.45, 7) is 4.30. The second-order valence-corrected chi connectivity index (χ2v) is 5.68. The van der Waals surface area contributed by atoms with Gasteiger partial charge in [0.25, 0.3) is 0 Å². The van der Waals surface area contributed by atoms with Crippen LogP contribution in [0.5, 0.6) is 0 Å². The van der Waals surface area contributed by atoms with Gasteiger partial charge in [0.15, 0.2) is 0 Å². The number of amides is 1. The van der Waals surface area contributed by atoms with Crippen LogP contribution in [0.25, 0.3) is 0 Å². The van der Waals surface area contributed by atoms with Crippen molar-refractivity contribution in [2.75, 3.05) is 14.2 Å². The minimum absolute atomic E-state index is 0.0735. The third kappa shape index (κ3) is 4.94. The molecule has 4 heteroatoms. The maximum atomic E-state index is 11.9. The van der Waals surface area contributed by atoms with Crippen molar-refractivity contribution in [1.29, 1.82) is 0 Å². The number of hydrogen-bond donors (Lipinski definition) is 2.